The second-order valence-electron chi connectivity index (χ2n) is 5.55. The van der Waals surface area contributed by atoms with Gasteiger partial charge < -0.3 is 0 Å². The molecule has 0 saturated heterocycles. The van der Waals surface area contributed by atoms with Crippen molar-refractivity contribution in [3.8, 4) is 17.1 Å². The summed E-state index contributed by atoms with van der Waals surface area (Å²) in [7, 11) is 0. The quantitative estimate of drug-likeness (QED) is 0.581. The van der Waals surface area contributed by atoms with Gasteiger partial charge in [0.1, 0.15) is 12.7 Å². The van der Waals surface area contributed by atoms with Gasteiger partial charge in [-0.3, -0.25) is 4.57 Å². The first-order valence-corrected chi connectivity index (χ1v) is 7.89. The van der Waals surface area contributed by atoms with Gasteiger partial charge in [-0.05, 0) is 30.5 Å². The molecule has 5 nitrogen and oxygen atoms in total. The van der Waals surface area contributed by atoms with Gasteiger partial charge in [0.25, 0.3) is 0 Å². The molecule has 22 heavy (non-hydrogen) atoms. The normalized spacial score (nSPS) is 12.5. The zero-order valence-corrected chi connectivity index (χ0v) is 13.1. The number of rotatable bonds is 3. The fourth-order valence-corrected chi connectivity index (χ4v) is 3.13. The minimum atomic E-state index is 0.518. The predicted molar refractivity (Wildman–Crippen MR) is 85.3 cm³/mol. The van der Waals surface area contributed by atoms with Crippen LogP contribution < -0.4 is 0 Å². The van der Waals surface area contributed by atoms with Crippen LogP contribution >= 0.6 is 11.6 Å². The van der Waals surface area contributed by atoms with Crippen LogP contribution in [0.15, 0.2) is 30.9 Å². The van der Waals surface area contributed by atoms with Crippen molar-refractivity contribution in [1.82, 2.24) is 24.3 Å². The van der Waals surface area contributed by atoms with E-state index in [-0.39, 0.29) is 0 Å². The van der Waals surface area contributed by atoms with Crippen LogP contribution in [0.2, 0.25) is 5.15 Å². The molecule has 0 saturated carbocycles. The van der Waals surface area contributed by atoms with Gasteiger partial charge in [0, 0.05) is 5.56 Å². The Morgan fingerprint density at radius 1 is 1.27 bits per heavy atom. The average molecular weight is 314 g/mol. The van der Waals surface area contributed by atoms with Gasteiger partial charge in [-0.15, -0.1) is 0 Å². The van der Waals surface area contributed by atoms with Crippen LogP contribution in [0.3, 0.4) is 0 Å². The van der Waals surface area contributed by atoms with Crippen molar-refractivity contribution in [3.05, 3.63) is 47.3 Å². The molecule has 0 bridgehead atoms. The lowest BCUT2D eigenvalue weighted by Gasteiger charge is -2.10. The summed E-state index contributed by atoms with van der Waals surface area (Å²) in [5.74, 6) is 0.883. The number of imidazole rings is 1. The molecule has 0 fully saturated rings. The van der Waals surface area contributed by atoms with Gasteiger partial charge in [-0.1, -0.05) is 31.0 Å². The molecule has 0 aliphatic carbocycles. The molecule has 1 aliphatic rings. The van der Waals surface area contributed by atoms with Gasteiger partial charge >= 0.3 is 0 Å². The van der Waals surface area contributed by atoms with Crippen LogP contribution in [0, 0.1) is 0 Å². The number of nitrogens with zero attached hydrogens (tertiary/aromatic N) is 5. The number of hydrogen-bond acceptors (Lipinski definition) is 3. The highest BCUT2D eigenvalue weighted by Crippen LogP contribution is 2.33. The summed E-state index contributed by atoms with van der Waals surface area (Å²) in [4.78, 5) is 8.68. The van der Waals surface area contributed by atoms with E-state index in [9.17, 15) is 0 Å². The van der Waals surface area contributed by atoms with E-state index in [2.05, 4.69) is 40.2 Å². The third-order valence-corrected chi connectivity index (χ3v) is 4.43. The summed E-state index contributed by atoms with van der Waals surface area (Å²) in [5, 5.41) is 4.85. The summed E-state index contributed by atoms with van der Waals surface area (Å²) in [5.41, 5.74) is 4.40. The number of aryl methyl sites for hydroxylation is 1. The Bertz CT molecular complexity index is 833. The third kappa shape index (κ3) is 2.04. The molecule has 0 spiro atoms. The van der Waals surface area contributed by atoms with Crippen LogP contribution in [0.25, 0.3) is 17.1 Å². The number of unbranched alkanes of at least 4 members (excludes halogenated alkanes) is 1. The number of aromatic nitrogens is 5. The third-order valence-electron chi connectivity index (χ3n) is 4.11. The van der Waals surface area contributed by atoms with E-state index in [0.717, 1.165) is 29.2 Å². The Labute approximate surface area is 133 Å². The van der Waals surface area contributed by atoms with Gasteiger partial charge in [-0.2, -0.15) is 5.10 Å². The molecular weight excluding hydrogens is 298 g/mol. The first-order valence-electron chi connectivity index (χ1n) is 7.51. The standard InChI is InChI=1S/C16H16ClN5/c1-2-3-4-11-5-6-13-12(7-11)16-18-9-20-22(16)8-14-15(17)19-10-21(13)14/h5-7,9-10H,2-4,8H2,1H3. The predicted octanol–water partition coefficient (Wildman–Crippen LogP) is 3.49. The maximum absolute atomic E-state index is 6.24. The molecule has 4 rings (SSSR count). The van der Waals surface area contributed by atoms with Crippen molar-refractivity contribution in [3.63, 3.8) is 0 Å². The van der Waals surface area contributed by atoms with E-state index in [1.165, 1.54) is 18.4 Å². The minimum absolute atomic E-state index is 0.518. The van der Waals surface area contributed by atoms with Crippen LogP contribution in [-0.4, -0.2) is 24.3 Å². The molecule has 1 aliphatic heterocycles. The Hall–Kier alpha value is -2.14. The summed E-state index contributed by atoms with van der Waals surface area (Å²) in [6.45, 7) is 2.78. The zero-order chi connectivity index (χ0) is 15.1. The highest BCUT2D eigenvalue weighted by atomic mass is 35.5. The molecule has 3 aromatic rings. The molecule has 112 valence electrons. The Morgan fingerprint density at radius 2 is 2.18 bits per heavy atom. The summed E-state index contributed by atoms with van der Waals surface area (Å²) in [6, 6.07) is 6.53. The smallest absolute Gasteiger partial charge is 0.160 e. The first kappa shape index (κ1) is 13.5. The molecule has 3 heterocycles. The van der Waals surface area contributed by atoms with Crippen molar-refractivity contribution in [2.75, 3.05) is 0 Å². The molecule has 2 aromatic heterocycles. The lowest BCUT2D eigenvalue weighted by Crippen LogP contribution is -2.04. The second-order valence-corrected chi connectivity index (χ2v) is 5.91. The monoisotopic (exact) mass is 313 g/mol. The molecule has 6 heteroatoms. The van der Waals surface area contributed by atoms with E-state index >= 15 is 0 Å². The maximum Gasteiger partial charge on any atom is 0.160 e. The molecule has 0 radical (unpaired) electrons. The number of fused-ring (bicyclic) bond motifs is 5. The van der Waals surface area contributed by atoms with E-state index in [1.807, 2.05) is 9.25 Å². The average Bonchev–Trinajstić information content (AvgIpc) is 3.11. The van der Waals surface area contributed by atoms with Crippen LogP contribution in [0.4, 0.5) is 0 Å². The molecular formula is C16H16ClN5. The van der Waals surface area contributed by atoms with Gasteiger partial charge in [0.05, 0.1) is 17.9 Å². The Morgan fingerprint density at radius 3 is 3.05 bits per heavy atom. The number of halogens is 1. The van der Waals surface area contributed by atoms with E-state index in [0.29, 0.717) is 11.7 Å². The lowest BCUT2D eigenvalue weighted by molar-refractivity contribution is 0.677. The van der Waals surface area contributed by atoms with Gasteiger partial charge in [0.2, 0.25) is 0 Å². The van der Waals surface area contributed by atoms with E-state index in [1.54, 1.807) is 12.7 Å². The minimum Gasteiger partial charge on any atom is -0.299 e. The molecule has 0 amide bonds. The summed E-state index contributed by atoms with van der Waals surface area (Å²) < 4.78 is 3.92. The largest absolute Gasteiger partial charge is 0.299 e. The van der Waals surface area contributed by atoms with Crippen LogP contribution in [0.5, 0.6) is 0 Å². The Balaban J connectivity index is 1.93. The molecule has 0 atom stereocenters. The highest BCUT2D eigenvalue weighted by molar-refractivity contribution is 6.30. The van der Waals surface area contributed by atoms with Gasteiger partial charge in [0.15, 0.2) is 11.0 Å². The highest BCUT2D eigenvalue weighted by Gasteiger charge is 2.23. The van der Waals surface area contributed by atoms with Crippen molar-refractivity contribution in [2.24, 2.45) is 0 Å². The van der Waals surface area contributed by atoms with E-state index in [4.69, 9.17) is 11.6 Å². The Kier molecular flexibility index (Phi) is 3.22. The van der Waals surface area contributed by atoms with Crippen molar-refractivity contribution < 1.29 is 0 Å². The fraction of sp³-hybridized carbons (Fsp3) is 0.312. The topological polar surface area (TPSA) is 48.5 Å². The lowest BCUT2D eigenvalue weighted by atomic mass is 10.0. The van der Waals surface area contributed by atoms with Crippen molar-refractivity contribution in [1.29, 1.82) is 0 Å². The zero-order valence-electron chi connectivity index (χ0n) is 12.3. The fourth-order valence-electron chi connectivity index (χ4n) is 2.94. The van der Waals surface area contributed by atoms with Crippen molar-refractivity contribution in [2.45, 2.75) is 32.7 Å². The summed E-state index contributed by atoms with van der Waals surface area (Å²) >= 11 is 6.24. The maximum atomic E-state index is 6.24. The summed E-state index contributed by atoms with van der Waals surface area (Å²) in [6.07, 6.45) is 6.82. The molecule has 1 aromatic carbocycles. The molecule has 0 N–H and O–H groups in total. The number of hydrogen-bond donors (Lipinski definition) is 0. The second kappa shape index (κ2) is 5.25. The van der Waals surface area contributed by atoms with Crippen LogP contribution in [-0.2, 0) is 13.0 Å². The van der Waals surface area contributed by atoms with Crippen LogP contribution in [0.1, 0.15) is 31.0 Å². The molecule has 0 unspecified atom stereocenters. The first-order chi connectivity index (χ1) is 10.8. The SMILES string of the molecule is CCCCc1ccc2c(c1)-c1ncnn1Cc1c(Cl)ncn1-2. The number of benzene rings is 1. The van der Waals surface area contributed by atoms with E-state index < -0.39 is 0 Å². The van der Waals surface area contributed by atoms with Crippen molar-refractivity contribution >= 4 is 11.6 Å². The van der Waals surface area contributed by atoms with Gasteiger partial charge in [-0.25, -0.2) is 14.6 Å².